The summed E-state index contributed by atoms with van der Waals surface area (Å²) in [5, 5.41) is 0. The first-order valence-corrected chi connectivity index (χ1v) is 5.88. The SMILES string of the molecule is CCCC(C)C(Cc1ccc(F)cc1)NN. The van der Waals surface area contributed by atoms with E-state index in [2.05, 4.69) is 19.3 Å². The van der Waals surface area contributed by atoms with Gasteiger partial charge in [-0.1, -0.05) is 32.4 Å². The number of hydrazine groups is 1. The van der Waals surface area contributed by atoms with Crippen LogP contribution >= 0.6 is 0 Å². The number of nitrogens with one attached hydrogen (secondary N) is 1. The monoisotopic (exact) mass is 224 g/mol. The molecule has 0 radical (unpaired) electrons. The number of hydrogen-bond acceptors (Lipinski definition) is 2. The summed E-state index contributed by atoms with van der Waals surface area (Å²) in [4.78, 5) is 0. The van der Waals surface area contributed by atoms with Crippen molar-refractivity contribution in [2.45, 2.75) is 39.2 Å². The maximum atomic E-state index is 12.7. The van der Waals surface area contributed by atoms with Gasteiger partial charge in [0.2, 0.25) is 0 Å². The third kappa shape index (κ3) is 3.91. The molecule has 0 bridgehead atoms. The van der Waals surface area contributed by atoms with Gasteiger partial charge in [-0.05, 0) is 36.5 Å². The molecule has 0 heterocycles. The van der Waals surface area contributed by atoms with Crippen molar-refractivity contribution in [3.63, 3.8) is 0 Å². The van der Waals surface area contributed by atoms with Crippen molar-refractivity contribution >= 4 is 0 Å². The summed E-state index contributed by atoms with van der Waals surface area (Å²) in [6, 6.07) is 6.88. The Morgan fingerprint density at radius 2 is 1.94 bits per heavy atom. The maximum Gasteiger partial charge on any atom is 0.123 e. The molecule has 0 saturated carbocycles. The van der Waals surface area contributed by atoms with E-state index in [1.807, 2.05) is 12.1 Å². The van der Waals surface area contributed by atoms with Crippen LogP contribution in [0.4, 0.5) is 4.39 Å². The summed E-state index contributed by atoms with van der Waals surface area (Å²) < 4.78 is 12.7. The van der Waals surface area contributed by atoms with Crippen LogP contribution in [0.25, 0.3) is 0 Å². The molecule has 16 heavy (non-hydrogen) atoms. The van der Waals surface area contributed by atoms with Gasteiger partial charge in [-0.25, -0.2) is 4.39 Å². The van der Waals surface area contributed by atoms with Crippen LogP contribution in [0.15, 0.2) is 24.3 Å². The lowest BCUT2D eigenvalue weighted by Crippen LogP contribution is -2.41. The van der Waals surface area contributed by atoms with Crippen LogP contribution in [0, 0.1) is 11.7 Å². The van der Waals surface area contributed by atoms with E-state index in [1.165, 1.54) is 12.1 Å². The second kappa shape index (κ2) is 6.61. The molecule has 0 amide bonds. The maximum absolute atomic E-state index is 12.7. The van der Waals surface area contributed by atoms with E-state index in [4.69, 9.17) is 5.84 Å². The molecule has 3 N–H and O–H groups in total. The fraction of sp³-hybridized carbons (Fsp3) is 0.538. The summed E-state index contributed by atoms with van der Waals surface area (Å²) in [6.45, 7) is 4.36. The van der Waals surface area contributed by atoms with Crippen molar-refractivity contribution in [1.82, 2.24) is 5.43 Å². The normalized spacial score (nSPS) is 14.8. The van der Waals surface area contributed by atoms with Gasteiger partial charge in [0.15, 0.2) is 0 Å². The number of rotatable bonds is 6. The Morgan fingerprint density at radius 3 is 2.44 bits per heavy atom. The molecule has 2 atom stereocenters. The first-order chi connectivity index (χ1) is 7.67. The van der Waals surface area contributed by atoms with Gasteiger partial charge < -0.3 is 0 Å². The number of halogens is 1. The van der Waals surface area contributed by atoms with Gasteiger partial charge in [-0.2, -0.15) is 0 Å². The Balaban J connectivity index is 2.59. The molecule has 0 aliphatic rings. The molecule has 1 aromatic carbocycles. The second-order valence-electron chi connectivity index (χ2n) is 4.37. The molecule has 1 aromatic rings. The average Bonchev–Trinajstić information content (AvgIpc) is 2.28. The summed E-state index contributed by atoms with van der Waals surface area (Å²) in [6.07, 6.45) is 3.15. The highest BCUT2D eigenvalue weighted by Crippen LogP contribution is 2.15. The quantitative estimate of drug-likeness (QED) is 0.576. The van der Waals surface area contributed by atoms with Crippen LogP contribution in [0.2, 0.25) is 0 Å². The third-order valence-electron chi connectivity index (χ3n) is 3.01. The predicted octanol–water partition coefficient (Wildman–Crippen LogP) is 2.64. The Hall–Kier alpha value is -0.930. The van der Waals surface area contributed by atoms with Gasteiger partial charge in [0, 0.05) is 6.04 Å². The fourth-order valence-corrected chi connectivity index (χ4v) is 1.96. The molecule has 0 saturated heterocycles. The molecular weight excluding hydrogens is 203 g/mol. The van der Waals surface area contributed by atoms with Crippen molar-refractivity contribution in [2.75, 3.05) is 0 Å². The Morgan fingerprint density at radius 1 is 1.31 bits per heavy atom. The first kappa shape index (κ1) is 13.1. The molecule has 0 aliphatic carbocycles. The van der Waals surface area contributed by atoms with Gasteiger partial charge in [0.05, 0.1) is 0 Å². The molecule has 2 nitrogen and oxygen atoms in total. The van der Waals surface area contributed by atoms with Crippen LogP contribution in [0.5, 0.6) is 0 Å². The largest absolute Gasteiger partial charge is 0.271 e. The van der Waals surface area contributed by atoms with Crippen LogP contribution in [-0.2, 0) is 6.42 Å². The van der Waals surface area contributed by atoms with Crippen LogP contribution in [0.1, 0.15) is 32.3 Å². The van der Waals surface area contributed by atoms with Crippen molar-refractivity contribution in [1.29, 1.82) is 0 Å². The topological polar surface area (TPSA) is 38.0 Å². The van der Waals surface area contributed by atoms with E-state index in [1.54, 1.807) is 0 Å². The summed E-state index contributed by atoms with van der Waals surface area (Å²) in [5.41, 5.74) is 3.97. The lowest BCUT2D eigenvalue weighted by molar-refractivity contribution is 0.357. The van der Waals surface area contributed by atoms with E-state index in [-0.39, 0.29) is 11.9 Å². The standard InChI is InChI=1S/C13H21FN2/c1-3-4-10(2)13(16-15)9-11-5-7-12(14)8-6-11/h5-8,10,13,16H,3-4,9,15H2,1-2H3. The van der Waals surface area contributed by atoms with Gasteiger partial charge >= 0.3 is 0 Å². The zero-order valence-electron chi connectivity index (χ0n) is 10.0. The zero-order chi connectivity index (χ0) is 12.0. The highest BCUT2D eigenvalue weighted by molar-refractivity contribution is 5.17. The molecular formula is C13H21FN2. The smallest absolute Gasteiger partial charge is 0.123 e. The van der Waals surface area contributed by atoms with E-state index in [9.17, 15) is 4.39 Å². The van der Waals surface area contributed by atoms with Gasteiger partial charge in [-0.3, -0.25) is 11.3 Å². The minimum Gasteiger partial charge on any atom is -0.271 e. The van der Waals surface area contributed by atoms with Gasteiger partial charge in [0.25, 0.3) is 0 Å². The first-order valence-electron chi connectivity index (χ1n) is 5.88. The lowest BCUT2D eigenvalue weighted by Gasteiger charge is -2.22. The van der Waals surface area contributed by atoms with Crippen molar-refractivity contribution < 1.29 is 4.39 Å². The molecule has 3 heteroatoms. The minimum atomic E-state index is -0.192. The van der Waals surface area contributed by atoms with E-state index in [0.717, 1.165) is 24.8 Å². The summed E-state index contributed by atoms with van der Waals surface area (Å²) in [5.74, 6) is 5.89. The van der Waals surface area contributed by atoms with E-state index < -0.39 is 0 Å². The Kier molecular flexibility index (Phi) is 5.43. The van der Waals surface area contributed by atoms with Crippen molar-refractivity contribution in [3.05, 3.63) is 35.6 Å². The molecule has 1 rings (SSSR count). The predicted molar refractivity (Wildman–Crippen MR) is 65.3 cm³/mol. The number of nitrogens with two attached hydrogens (primary N) is 1. The van der Waals surface area contributed by atoms with Crippen LogP contribution < -0.4 is 11.3 Å². The molecule has 2 unspecified atom stereocenters. The highest BCUT2D eigenvalue weighted by Gasteiger charge is 2.15. The number of benzene rings is 1. The summed E-state index contributed by atoms with van der Waals surface area (Å²) in [7, 11) is 0. The van der Waals surface area contributed by atoms with Crippen LogP contribution in [0.3, 0.4) is 0 Å². The van der Waals surface area contributed by atoms with Crippen molar-refractivity contribution in [3.8, 4) is 0 Å². The molecule has 0 fully saturated rings. The average molecular weight is 224 g/mol. The van der Waals surface area contributed by atoms with E-state index >= 15 is 0 Å². The van der Waals surface area contributed by atoms with Gasteiger partial charge in [-0.15, -0.1) is 0 Å². The van der Waals surface area contributed by atoms with Crippen molar-refractivity contribution in [2.24, 2.45) is 11.8 Å². The Bertz CT molecular complexity index is 297. The highest BCUT2D eigenvalue weighted by atomic mass is 19.1. The van der Waals surface area contributed by atoms with Gasteiger partial charge in [0.1, 0.15) is 5.82 Å². The van der Waals surface area contributed by atoms with Crippen LogP contribution in [-0.4, -0.2) is 6.04 Å². The fourth-order valence-electron chi connectivity index (χ4n) is 1.96. The lowest BCUT2D eigenvalue weighted by atomic mass is 9.92. The molecule has 0 aromatic heterocycles. The molecule has 0 spiro atoms. The summed E-state index contributed by atoms with van der Waals surface area (Å²) >= 11 is 0. The third-order valence-corrected chi connectivity index (χ3v) is 3.01. The minimum absolute atomic E-state index is 0.192. The zero-order valence-corrected chi connectivity index (χ0v) is 10.0. The molecule has 0 aliphatic heterocycles. The molecule has 90 valence electrons. The number of hydrogen-bond donors (Lipinski definition) is 2. The second-order valence-corrected chi connectivity index (χ2v) is 4.37. The van der Waals surface area contributed by atoms with E-state index in [0.29, 0.717) is 5.92 Å². The Labute approximate surface area is 97.0 Å².